The molecular weight excluding hydrogens is 379 g/mol. The SMILES string of the molecule is O=C(NCc1ccccc1)c1cc(F)cnc1Oc1ccc(-c2ccccc2)cc1. The lowest BCUT2D eigenvalue weighted by molar-refractivity contribution is 0.0947. The Morgan fingerprint density at radius 1 is 0.867 bits per heavy atom. The lowest BCUT2D eigenvalue weighted by Gasteiger charge is -2.11. The van der Waals surface area contributed by atoms with Crippen molar-refractivity contribution in [3.8, 4) is 22.8 Å². The summed E-state index contributed by atoms with van der Waals surface area (Å²) in [6.45, 7) is 0.321. The van der Waals surface area contributed by atoms with Gasteiger partial charge in [0.25, 0.3) is 5.91 Å². The predicted octanol–water partition coefficient (Wildman–Crippen LogP) is 5.61. The van der Waals surface area contributed by atoms with Gasteiger partial charge >= 0.3 is 0 Å². The largest absolute Gasteiger partial charge is 0.438 e. The fourth-order valence-corrected chi connectivity index (χ4v) is 3.00. The molecule has 0 saturated carbocycles. The van der Waals surface area contributed by atoms with E-state index < -0.39 is 11.7 Å². The number of amides is 1. The van der Waals surface area contributed by atoms with Crippen molar-refractivity contribution in [1.29, 1.82) is 0 Å². The first-order valence-electron chi connectivity index (χ1n) is 9.50. The van der Waals surface area contributed by atoms with E-state index in [4.69, 9.17) is 4.74 Å². The molecule has 30 heavy (non-hydrogen) atoms. The molecule has 5 heteroatoms. The smallest absolute Gasteiger partial charge is 0.257 e. The molecule has 1 amide bonds. The molecule has 0 aliphatic rings. The van der Waals surface area contributed by atoms with E-state index >= 15 is 0 Å². The second-order valence-electron chi connectivity index (χ2n) is 6.67. The Bertz CT molecular complexity index is 1130. The third-order valence-electron chi connectivity index (χ3n) is 4.53. The quantitative estimate of drug-likeness (QED) is 0.459. The molecule has 0 unspecified atom stereocenters. The molecule has 0 saturated heterocycles. The van der Waals surface area contributed by atoms with Gasteiger partial charge in [0.05, 0.1) is 6.20 Å². The number of rotatable bonds is 6. The van der Waals surface area contributed by atoms with Gasteiger partial charge in [-0.25, -0.2) is 9.37 Å². The molecule has 148 valence electrons. The first-order valence-corrected chi connectivity index (χ1v) is 9.50. The van der Waals surface area contributed by atoms with Crippen molar-refractivity contribution in [2.24, 2.45) is 0 Å². The van der Waals surface area contributed by atoms with E-state index in [0.717, 1.165) is 29.0 Å². The summed E-state index contributed by atoms with van der Waals surface area (Å²) in [6.07, 6.45) is 1.03. The van der Waals surface area contributed by atoms with Crippen LogP contribution in [0.2, 0.25) is 0 Å². The highest BCUT2D eigenvalue weighted by Crippen LogP contribution is 2.27. The summed E-state index contributed by atoms with van der Waals surface area (Å²) in [5, 5.41) is 2.77. The van der Waals surface area contributed by atoms with Gasteiger partial charge in [-0.15, -0.1) is 0 Å². The summed E-state index contributed by atoms with van der Waals surface area (Å²) in [7, 11) is 0. The molecule has 0 atom stereocenters. The minimum absolute atomic E-state index is 0.0399. The van der Waals surface area contributed by atoms with Crippen molar-refractivity contribution in [2.45, 2.75) is 6.54 Å². The fraction of sp³-hybridized carbons (Fsp3) is 0.0400. The highest BCUT2D eigenvalue weighted by molar-refractivity contribution is 5.96. The highest BCUT2D eigenvalue weighted by atomic mass is 19.1. The first kappa shape index (κ1) is 19.3. The zero-order chi connectivity index (χ0) is 20.8. The van der Waals surface area contributed by atoms with Gasteiger partial charge in [0.15, 0.2) is 0 Å². The number of carbonyl (C=O) groups is 1. The Hall–Kier alpha value is -3.99. The van der Waals surface area contributed by atoms with Crippen LogP contribution >= 0.6 is 0 Å². The zero-order valence-corrected chi connectivity index (χ0v) is 16.1. The minimum atomic E-state index is -0.605. The monoisotopic (exact) mass is 398 g/mol. The number of ether oxygens (including phenoxy) is 1. The Morgan fingerprint density at radius 3 is 2.20 bits per heavy atom. The van der Waals surface area contributed by atoms with Crippen molar-refractivity contribution in [2.75, 3.05) is 0 Å². The van der Waals surface area contributed by atoms with Gasteiger partial charge in [0.1, 0.15) is 17.1 Å². The third-order valence-corrected chi connectivity index (χ3v) is 4.53. The Morgan fingerprint density at radius 2 is 1.50 bits per heavy atom. The van der Waals surface area contributed by atoms with Gasteiger partial charge < -0.3 is 10.1 Å². The zero-order valence-electron chi connectivity index (χ0n) is 16.1. The van der Waals surface area contributed by atoms with Gasteiger partial charge in [-0.1, -0.05) is 72.8 Å². The van der Waals surface area contributed by atoms with Crippen LogP contribution in [-0.4, -0.2) is 10.9 Å². The number of halogens is 1. The molecule has 1 aromatic heterocycles. The average molecular weight is 398 g/mol. The highest BCUT2D eigenvalue weighted by Gasteiger charge is 2.16. The minimum Gasteiger partial charge on any atom is -0.438 e. The van der Waals surface area contributed by atoms with E-state index in [1.54, 1.807) is 12.1 Å². The fourth-order valence-electron chi connectivity index (χ4n) is 3.00. The summed E-state index contributed by atoms with van der Waals surface area (Å²) >= 11 is 0. The Kier molecular flexibility index (Phi) is 5.80. The van der Waals surface area contributed by atoms with Crippen molar-refractivity contribution in [3.63, 3.8) is 0 Å². The number of benzene rings is 3. The maximum atomic E-state index is 13.8. The molecular formula is C25H19FN2O2. The molecule has 4 nitrogen and oxygen atoms in total. The molecule has 0 radical (unpaired) electrons. The summed E-state index contributed by atoms with van der Waals surface area (Å²) in [4.78, 5) is 16.6. The summed E-state index contributed by atoms with van der Waals surface area (Å²) in [5.41, 5.74) is 3.10. The standard InChI is InChI=1S/C25H19FN2O2/c26-21-15-23(24(29)27-16-18-7-3-1-4-8-18)25(28-17-21)30-22-13-11-20(12-14-22)19-9-5-2-6-10-19/h1-15,17H,16H2,(H,27,29). The van der Waals surface area contributed by atoms with Crippen LogP contribution < -0.4 is 10.1 Å². The van der Waals surface area contributed by atoms with Crippen LogP contribution in [0, 0.1) is 5.82 Å². The molecule has 0 bridgehead atoms. The van der Waals surface area contributed by atoms with Crippen LogP contribution in [0.3, 0.4) is 0 Å². The molecule has 1 N–H and O–H groups in total. The number of nitrogens with zero attached hydrogens (tertiary/aromatic N) is 1. The molecule has 4 rings (SSSR count). The second kappa shape index (κ2) is 9.01. The number of pyridine rings is 1. The van der Waals surface area contributed by atoms with Crippen LogP contribution in [0.4, 0.5) is 4.39 Å². The van der Waals surface area contributed by atoms with E-state index in [2.05, 4.69) is 10.3 Å². The number of hydrogen-bond donors (Lipinski definition) is 1. The Balaban J connectivity index is 1.51. The van der Waals surface area contributed by atoms with Crippen molar-refractivity contribution in [3.05, 3.63) is 114 Å². The summed E-state index contributed by atoms with van der Waals surface area (Å²) in [6, 6.07) is 28.0. The van der Waals surface area contributed by atoms with Gasteiger partial charge in [0.2, 0.25) is 5.88 Å². The second-order valence-corrected chi connectivity index (χ2v) is 6.67. The van der Waals surface area contributed by atoms with E-state index in [9.17, 15) is 9.18 Å². The van der Waals surface area contributed by atoms with Gasteiger partial charge in [-0.05, 0) is 34.9 Å². The molecule has 3 aromatic carbocycles. The van der Waals surface area contributed by atoms with Crippen LogP contribution in [0.15, 0.2) is 97.2 Å². The van der Waals surface area contributed by atoms with E-state index in [-0.39, 0.29) is 11.4 Å². The topological polar surface area (TPSA) is 51.2 Å². The van der Waals surface area contributed by atoms with Gasteiger partial charge in [-0.3, -0.25) is 4.79 Å². The molecule has 1 heterocycles. The number of aromatic nitrogens is 1. The maximum absolute atomic E-state index is 13.8. The molecule has 0 aliphatic heterocycles. The van der Waals surface area contributed by atoms with E-state index in [1.165, 1.54) is 0 Å². The Labute approximate surface area is 174 Å². The van der Waals surface area contributed by atoms with Crippen molar-refractivity contribution in [1.82, 2.24) is 10.3 Å². The molecule has 4 aromatic rings. The van der Waals surface area contributed by atoms with Crippen LogP contribution in [0.1, 0.15) is 15.9 Å². The molecule has 0 spiro atoms. The predicted molar refractivity (Wildman–Crippen MR) is 114 cm³/mol. The number of nitrogens with one attached hydrogen (secondary N) is 1. The van der Waals surface area contributed by atoms with Crippen molar-refractivity contribution < 1.29 is 13.9 Å². The average Bonchev–Trinajstić information content (AvgIpc) is 2.80. The maximum Gasteiger partial charge on any atom is 0.257 e. The lowest BCUT2D eigenvalue weighted by Crippen LogP contribution is -2.23. The molecule has 0 aliphatic carbocycles. The van der Waals surface area contributed by atoms with E-state index in [1.807, 2.05) is 72.8 Å². The summed E-state index contributed by atoms with van der Waals surface area (Å²) < 4.78 is 19.5. The molecule has 0 fully saturated rings. The third kappa shape index (κ3) is 4.70. The van der Waals surface area contributed by atoms with Crippen molar-refractivity contribution >= 4 is 5.91 Å². The van der Waals surface area contributed by atoms with Gasteiger partial charge in [-0.2, -0.15) is 0 Å². The van der Waals surface area contributed by atoms with Crippen LogP contribution in [0.25, 0.3) is 11.1 Å². The lowest BCUT2D eigenvalue weighted by atomic mass is 10.1. The normalized spacial score (nSPS) is 10.4. The number of carbonyl (C=O) groups excluding carboxylic acids is 1. The number of hydrogen-bond acceptors (Lipinski definition) is 3. The van der Waals surface area contributed by atoms with Crippen LogP contribution in [-0.2, 0) is 6.54 Å². The first-order chi connectivity index (χ1) is 14.7. The summed E-state index contributed by atoms with van der Waals surface area (Å²) in [5.74, 6) is -0.506. The van der Waals surface area contributed by atoms with Crippen LogP contribution in [0.5, 0.6) is 11.6 Å². The van der Waals surface area contributed by atoms with Gasteiger partial charge in [0, 0.05) is 6.54 Å². The van der Waals surface area contributed by atoms with E-state index in [0.29, 0.717) is 12.3 Å².